The number of anilines is 2. The number of hydrogen-bond donors (Lipinski definition) is 2. The summed E-state index contributed by atoms with van der Waals surface area (Å²) in [5.74, 6) is -3.65. The molecule has 7 nitrogen and oxygen atoms in total. The van der Waals surface area contributed by atoms with E-state index in [9.17, 15) is 0 Å². The monoisotopic (exact) mass is 531 g/mol. The van der Waals surface area contributed by atoms with E-state index in [1.54, 1.807) is 17.4 Å². The number of aryl methyl sites for hydroxylation is 2. The number of halogens is 2. The number of thiazole rings is 1. The normalized spacial score (nSPS) is 10.5. The third kappa shape index (κ3) is 6.08. The van der Waals surface area contributed by atoms with Crippen molar-refractivity contribution < 1.29 is 19.8 Å². The molecular formula is C25H23Cl2N3O4S. The van der Waals surface area contributed by atoms with Crippen molar-refractivity contribution in [2.75, 3.05) is 11.4 Å². The number of pyridine rings is 1. The van der Waals surface area contributed by atoms with Gasteiger partial charge in [0.25, 0.3) is 0 Å². The van der Waals surface area contributed by atoms with E-state index < -0.39 is 11.9 Å². The predicted octanol–water partition coefficient (Wildman–Crippen LogP) is 6.99. The van der Waals surface area contributed by atoms with E-state index in [-0.39, 0.29) is 0 Å². The van der Waals surface area contributed by atoms with Gasteiger partial charge < -0.3 is 15.1 Å². The number of carbonyl (C=O) groups is 2. The summed E-state index contributed by atoms with van der Waals surface area (Å²) in [5, 5.41) is 19.3. The molecule has 2 aromatic heterocycles. The molecule has 0 radical (unpaired) electrons. The number of aromatic nitrogens is 2. The molecule has 35 heavy (non-hydrogen) atoms. The molecule has 0 aliphatic rings. The lowest BCUT2D eigenvalue weighted by atomic mass is 10.1. The minimum atomic E-state index is -1.82. The van der Waals surface area contributed by atoms with Gasteiger partial charge in [-0.15, -0.1) is 11.3 Å². The molecule has 10 heteroatoms. The number of hydrogen-bond acceptors (Lipinski definition) is 6. The molecule has 0 fully saturated rings. The highest BCUT2D eigenvalue weighted by atomic mass is 35.5. The lowest BCUT2D eigenvalue weighted by Crippen LogP contribution is -2.19. The Balaban J connectivity index is 0.000000509. The summed E-state index contributed by atoms with van der Waals surface area (Å²) in [6.07, 6.45) is 4.77. The zero-order chi connectivity index (χ0) is 25.7. The van der Waals surface area contributed by atoms with E-state index in [4.69, 9.17) is 48.0 Å². The number of benzene rings is 2. The van der Waals surface area contributed by atoms with Crippen LogP contribution in [0.2, 0.25) is 10.0 Å². The number of carboxylic acids is 2. The van der Waals surface area contributed by atoms with Gasteiger partial charge in [-0.25, -0.2) is 14.6 Å². The second kappa shape index (κ2) is 11.5. The molecule has 0 aliphatic heterocycles. The number of aliphatic carboxylic acids is 2. The molecular weight excluding hydrogens is 509 g/mol. The van der Waals surface area contributed by atoms with Gasteiger partial charge in [-0.1, -0.05) is 42.3 Å². The van der Waals surface area contributed by atoms with Gasteiger partial charge in [0.2, 0.25) is 0 Å². The quantitative estimate of drug-likeness (QED) is 0.267. The summed E-state index contributed by atoms with van der Waals surface area (Å²) in [5.41, 5.74) is 4.23. The highest BCUT2D eigenvalue weighted by Crippen LogP contribution is 2.41. The molecule has 0 spiro atoms. The molecule has 2 N–H and O–H groups in total. The molecule has 0 amide bonds. The molecule has 0 bridgehead atoms. The van der Waals surface area contributed by atoms with Crippen LogP contribution in [0, 0.1) is 13.8 Å². The molecule has 0 saturated heterocycles. The van der Waals surface area contributed by atoms with Gasteiger partial charge in [-0.2, -0.15) is 0 Å². The second-order valence-electron chi connectivity index (χ2n) is 7.62. The molecule has 2 aromatic carbocycles. The van der Waals surface area contributed by atoms with Gasteiger partial charge in [0, 0.05) is 45.2 Å². The van der Waals surface area contributed by atoms with Crippen LogP contribution in [0.1, 0.15) is 23.8 Å². The van der Waals surface area contributed by atoms with Crippen molar-refractivity contribution in [2.45, 2.75) is 27.2 Å². The first kappa shape index (κ1) is 26.4. The van der Waals surface area contributed by atoms with Crippen LogP contribution in [0.25, 0.3) is 22.0 Å². The predicted molar refractivity (Wildman–Crippen MR) is 141 cm³/mol. The number of rotatable bonds is 5. The van der Waals surface area contributed by atoms with Crippen molar-refractivity contribution in [2.24, 2.45) is 0 Å². The van der Waals surface area contributed by atoms with E-state index in [1.165, 1.54) is 16.6 Å². The lowest BCUT2D eigenvalue weighted by molar-refractivity contribution is -0.159. The van der Waals surface area contributed by atoms with Gasteiger partial charge in [0.05, 0.1) is 16.4 Å². The van der Waals surface area contributed by atoms with Crippen molar-refractivity contribution >= 4 is 68.1 Å². The molecule has 0 atom stereocenters. The fraction of sp³-hybridized carbons (Fsp3) is 0.200. The summed E-state index contributed by atoms with van der Waals surface area (Å²) in [4.78, 5) is 30.9. The van der Waals surface area contributed by atoms with Gasteiger partial charge >= 0.3 is 11.9 Å². The Kier molecular flexibility index (Phi) is 8.67. The Morgan fingerprint density at radius 1 is 1.06 bits per heavy atom. The minimum absolute atomic E-state index is 0.618. The Labute approximate surface area is 216 Å². The average Bonchev–Trinajstić information content (AvgIpc) is 3.19. The third-order valence-electron chi connectivity index (χ3n) is 5.10. The van der Waals surface area contributed by atoms with Crippen molar-refractivity contribution in [3.8, 4) is 11.3 Å². The van der Waals surface area contributed by atoms with Crippen LogP contribution in [-0.4, -0.2) is 38.7 Å². The Bertz CT molecular complexity index is 1380. The summed E-state index contributed by atoms with van der Waals surface area (Å²) >= 11 is 14.2. The molecule has 4 rings (SSSR count). The Morgan fingerprint density at radius 2 is 1.77 bits per heavy atom. The summed E-state index contributed by atoms with van der Waals surface area (Å²) in [6, 6.07) is 11.9. The highest BCUT2D eigenvalue weighted by Gasteiger charge is 2.21. The van der Waals surface area contributed by atoms with Crippen molar-refractivity contribution in [1.82, 2.24) is 9.97 Å². The van der Waals surface area contributed by atoms with E-state index in [0.717, 1.165) is 39.6 Å². The van der Waals surface area contributed by atoms with Gasteiger partial charge in [0.1, 0.15) is 0 Å². The largest absolute Gasteiger partial charge is 0.473 e. The number of carboxylic acid groups (broad SMARTS) is 2. The summed E-state index contributed by atoms with van der Waals surface area (Å²) < 4.78 is 0. The molecule has 0 aliphatic carbocycles. The number of nitrogens with zero attached hydrogens (tertiary/aromatic N) is 3. The minimum Gasteiger partial charge on any atom is -0.473 e. The van der Waals surface area contributed by atoms with Crippen molar-refractivity contribution in [3.63, 3.8) is 0 Å². The second-order valence-corrected chi connectivity index (χ2v) is 9.64. The zero-order valence-corrected chi connectivity index (χ0v) is 21.6. The maximum Gasteiger partial charge on any atom is 0.414 e. The topological polar surface area (TPSA) is 104 Å². The van der Waals surface area contributed by atoms with Gasteiger partial charge in [-0.05, 0) is 50.1 Å². The average molecular weight is 532 g/mol. The molecule has 0 unspecified atom stereocenters. The first-order chi connectivity index (χ1) is 16.6. The van der Waals surface area contributed by atoms with Crippen LogP contribution in [-0.2, 0) is 9.59 Å². The van der Waals surface area contributed by atoms with Crippen LogP contribution in [0.4, 0.5) is 10.8 Å². The van der Waals surface area contributed by atoms with Crippen LogP contribution < -0.4 is 4.90 Å². The van der Waals surface area contributed by atoms with Crippen molar-refractivity contribution in [3.05, 3.63) is 69.3 Å². The van der Waals surface area contributed by atoms with E-state index >= 15 is 0 Å². The smallest absolute Gasteiger partial charge is 0.414 e. The summed E-state index contributed by atoms with van der Waals surface area (Å²) in [7, 11) is 0. The van der Waals surface area contributed by atoms with E-state index in [2.05, 4.69) is 48.9 Å². The van der Waals surface area contributed by atoms with Crippen molar-refractivity contribution in [1.29, 1.82) is 0 Å². The third-order valence-corrected chi connectivity index (χ3v) is 6.64. The van der Waals surface area contributed by atoms with E-state index in [0.29, 0.717) is 10.0 Å². The first-order valence-corrected chi connectivity index (χ1v) is 12.2. The van der Waals surface area contributed by atoms with Gasteiger partial charge in [-0.3, -0.25) is 4.98 Å². The van der Waals surface area contributed by atoms with Gasteiger partial charge in [0.15, 0.2) is 5.13 Å². The molecule has 0 saturated carbocycles. The fourth-order valence-corrected chi connectivity index (χ4v) is 5.03. The highest BCUT2D eigenvalue weighted by molar-refractivity contribution is 7.16. The Morgan fingerprint density at radius 3 is 2.40 bits per heavy atom. The zero-order valence-electron chi connectivity index (χ0n) is 19.2. The first-order valence-electron chi connectivity index (χ1n) is 10.6. The summed E-state index contributed by atoms with van der Waals surface area (Å²) in [6.45, 7) is 7.30. The maximum atomic E-state index is 9.10. The van der Waals surface area contributed by atoms with Crippen LogP contribution in [0.15, 0.2) is 48.8 Å². The lowest BCUT2D eigenvalue weighted by Gasteiger charge is -2.25. The van der Waals surface area contributed by atoms with E-state index in [1.807, 2.05) is 24.5 Å². The Hall–Kier alpha value is -3.20. The van der Waals surface area contributed by atoms with Crippen LogP contribution in [0.3, 0.4) is 0 Å². The molecule has 2 heterocycles. The SMILES string of the molecule is CCCN(c1nc(-c2ccc(Cl)cc2Cl)c(C)s1)c1c(C)ccc2cnccc12.O=C(O)C(=O)O. The maximum absolute atomic E-state index is 9.10. The molecule has 182 valence electrons. The van der Waals surface area contributed by atoms with Crippen LogP contribution in [0.5, 0.6) is 0 Å². The van der Waals surface area contributed by atoms with Crippen LogP contribution >= 0.6 is 34.5 Å². The fourth-order valence-electron chi connectivity index (χ4n) is 3.58. The molecule has 4 aromatic rings. The standard InChI is InChI=1S/C23H21Cl2N3S.C2H2O4/c1-4-11-28(22-14(2)5-6-16-13-26-10-9-18(16)22)23-27-21(15(3)29-23)19-8-7-17(24)12-20(19)25;3-1(4)2(5)6/h5-10,12-13H,4,11H2,1-3H3;(H,3,4)(H,5,6). The number of fused-ring (bicyclic) bond motifs is 1.